The van der Waals surface area contributed by atoms with E-state index in [1.54, 1.807) is 11.3 Å². The summed E-state index contributed by atoms with van der Waals surface area (Å²) in [7, 11) is 0. The number of ether oxygens (including phenoxy) is 1. The first-order chi connectivity index (χ1) is 10.9. The van der Waals surface area contributed by atoms with Crippen LogP contribution in [0.5, 0.6) is 0 Å². The number of piperidine rings is 1. The van der Waals surface area contributed by atoms with Gasteiger partial charge in [0, 0.05) is 0 Å². The van der Waals surface area contributed by atoms with Crippen molar-refractivity contribution in [3.63, 3.8) is 0 Å². The first-order valence-corrected chi connectivity index (χ1v) is 8.67. The van der Waals surface area contributed by atoms with Crippen molar-refractivity contribution in [3.8, 4) is 0 Å². The van der Waals surface area contributed by atoms with E-state index in [4.69, 9.17) is 9.72 Å². The molecule has 1 unspecified atom stereocenters. The molecule has 1 atom stereocenters. The zero-order valence-electron chi connectivity index (χ0n) is 12.3. The van der Waals surface area contributed by atoms with Gasteiger partial charge in [0.05, 0.1) is 17.1 Å². The second-order valence-electron chi connectivity index (χ2n) is 5.66. The minimum atomic E-state index is -0.109. The number of para-hydroxylation sites is 2. The van der Waals surface area contributed by atoms with Gasteiger partial charge in [0.2, 0.25) is 0 Å². The predicted molar refractivity (Wildman–Crippen MR) is 89.2 cm³/mol. The number of thiophene rings is 1. The first-order valence-electron chi connectivity index (χ1n) is 7.73. The van der Waals surface area contributed by atoms with Gasteiger partial charge in [0.15, 0.2) is 0 Å². The van der Waals surface area contributed by atoms with Crippen molar-refractivity contribution in [2.75, 3.05) is 13.1 Å². The second-order valence-corrected chi connectivity index (χ2v) is 6.44. The molecule has 2 aromatic heterocycles. The van der Waals surface area contributed by atoms with Gasteiger partial charge in [0.25, 0.3) is 0 Å². The highest BCUT2D eigenvalue weighted by molar-refractivity contribution is 7.07. The molecule has 0 amide bonds. The van der Waals surface area contributed by atoms with Crippen LogP contribution in [0.15, 0.2) is 41.1 Å². The lowest BCUT2D eigenvalue weighted by atomic mass is 10.1. The highest BCUT2D eigenvalue weighted by Crippen LogP contribution is 2.30. The summed E-state index contributed by atoms with van der Waals surface area (Å²) < 4.78 is 6.42. The molecule has 0 aliphatic carbocycles. The molecule has 22 heavy (non-hydrogen) atoms. The van der Waals surface area contributed by atoms with Crippen LogP contribution in [0.4, 0.5) is 0 Å². The normalized spacial score (nSPS) is 17.8. The van der Waals surface area contributed by atoms with Crippen molar-refractivity contribution < 1.29 is 4.74 Å². The quantitative estimate of drug-likeness (QED) is 0.775. The number of rotatable bonds is 4. The highest BCUT2D eigenvalue weighted by Gasteiger charge is 2.24. The summed E-state index contributed by atoms with van der Waals surface area (Å²) in [4.78, 5) is 8.17. The number of hydrogen-bond donors (Lipinski definition) is 2. The molecule has 1 aliphatic heterocycles. The smallest absolute Gasteiger partial charge is 0.141 e. The molecule has 0 bridgehead atoms. The van der Waals surface area contributed by atoms with Crippen LogP contribution in [-0.4, -0.2) is 29.2 Å². The van der Waals surface area contributed by atoms with E-state index in [0.717, 1.165) is 42.8 Å². The molecule has 4 nitrogen and oxygen atoms in total. The zero-order chi connectivity index (χ0) is 14.8. The third-order valence-corrected chi connectivity index (χ3v) is 4.82. The standard InChI is InChI=1S/C17H19N3OS/c1-2-4-15-14(3-1)19-17(20-15)16(12-7-10-22-11-12)21-13-5-8-18-9-6-13/h1-4,7,10-11,13,16,18H,5-6,8-9H2,(H,19,20). The molecule has 1 fully saturated rings. The minimum absolute atomic E-state index is 0.109. The summed E-state index contributed by atoms with van der Waals surface area (Å²) in [5.74, 6) is 0.901. The van der Waals surface area contributed by atoms with Gasteiger partial charge in [-0.25, -0.2) is 4.98 Å². The maximum absolute atomic E-state index is 6.42. The monoisotopic (exact) mass is 313 g/mol. The fourth-order valence-electron chi connectivity index (χ4n) is 2.95. The van der Waals surface area contributed by atoms with Gasteiger partial charge in [-0.05, 0) is 60.5 Å². The highest BCUT2D eigenvalue weighted by atomic mass is 32.1. The van der Waals surface area contributed by atoms with Gasteiger partial charge < -0.3 is 15.0 Å². The maximum atomic E-state index is 6.42. The molecule has 114 valence electrons. The van der Waals surface area contributed by atoms with E-state index in [-0.39, 0.29) is 6.10 Å². The van der Waals surface area contributed by atoms with Crippen molar-refractivity contribution in [2.45, 2.75) is 25.0 Å². The van der Waals surface area contributed by atoms with Crippen LogP contribution in [-0.2, 0) is 4.74 Å². The number of H-pyrrole nitrogens is 1. The molecule has 1 saturated heterocycles. The Morgan fingerprint density at radius 3 is 2.82 bits per heavy atom. The number of imidazole rings is 1. The summed E-state index contributed by atoms with van der Waals surface area (Å²) in [6.45, 7) is 2.06. The molecule has 5 heteroatoms. The Morgan fingerprint density at radius 1 is 1.18 bits per heavy atom. The number of aromatic amines is 1. The third kappa shape index (κ3) is 2.79. The van der Waals surface area contributed by atoms with Crippen molar-refractivity contribution in [1.82, 2.24) is 15.3 Å². The maximum Gasteiger partial charge on any atom is 0.141 e. The zero-order valence-corrected chi connectivity index (χ0v) is 13.1. The van der Waals surface area contributed by atoms with E-state index in [0.29, 0.717) is 6.10 Å². The van der Waals surface area contributed by atoms with Gasteiger partial charge >= 0.3 is 0 Å². The van der Waals surface area contributed by atoms with Crippen molar-refractivity contribution >= 4 is 22.4 Å². The number of aromatic nitrogens is 2. The van der Waals surface area contributed by atoms with Crippen molar-refractivity contribution in [2.24, 2.45) is 0 Å². The lowest BCUT2D eigenvalue weighted by Crippen LogP contribution is -2.33. The van der Waals surface area contributed by atoms with Crippen LogP contribution in [0.25, 0.3) is 11.0 Å². The molecule has 4 rings (SSSR count). The molecule has 3 heterocycles. The molecule has 0 spiro atoms. The lowest BCUT2D eigenvalue weighted by Gasteiger charge is -2.27. The topological polar surface area (TPSA) is 49.9 Å². The molecular weight excluding hydrogens is 294 g/mol. The Balaban J connectivity index is 1.66. The van der Waals surface area contributed by atoms with Crippen LogP contribution >= 0.6 is 11.3 Å². The lowest BCUT2D eigenvalue weighted by molar-refractivity contribution is -0.0113. The van der Waals surface area contributed by atoms with E-state index in [9.17, 15) is 0 Å². The molecule has 1 aliphatic rings. The largest absolute Gasteiger partial charge is 0.362 e. The fraction of sp³-hybridized carbons (Fsp3) is 0.353. The number of nitrogens with zero attached hydrogens (tertiary/aromatic N) is 1. The average Bonchev–Trinajstić information content (AvgIpc) is 3.23. The summed E-state index contributed by atoms with van der Waals surface area (Å²) in [5.41, 5.74) is 3.24. The van der Waals surface area contributed by atoms with Crippen LogP contribution in [0.3, 0.4) is 0 Å². The average molecular weight is 313 g/mol. The van der Waals surface area contributed by atoms with Gasteiger partial charge in [-0.3, -0.25) is 0 Å². The molecule has 1 aromatic carbocycles. The Bertz CT molecular complexity index is 698. The van der Waals surface area contributed by atoms with Gasteiger partial charge in [-0.1, -0.05) is 12.1 Å². The van der Waals surface area contributed by atoms with Crippen LogP contribution < -0.4 is 5.32 Å². The van der Waals surface area contributed by atoms with E-state index in [1.165, 1.54) is 5.56 Å². The summed E-state index contributed by atoms with van der Waals surface area (Å²) in [5, 5.41) is 7.63. The third-order valence-electron chi connectivity index (χ3n) is 4.12. The van der Waals surface area contributed by atoms with Crippen LogP contribution in [0, 0.1) is 0 Å². The molecule has 2 N–H and O–H groups in total. The number of hydrogen-bond acceptors (Lipinski definition) is 4. The van der Waals surface area contributed by atoms with Gasteiger partial charge in [-0.2, -0.15) is 11.3 Å². The van der Waals surface area contributed by atoms with Gasteiger partial charge in [0.1, 0.15) is 11.9 Å². The fourth-order valence-corrected chi connectivity index (χ4v) is 3.62. The number of nitrogens with one attached hydrogen (secondary N) is 2. The minimum Gasteiger partial charge on any atom is -0.362 e. The van der Waals surface area contributed by atoms with Crippen molar-refractivity contribution in [3.05, 3.63) is 52.5 Å². The van der Waals surface area contributed by atoms with Gasteiger partial charge in [-0.15, -0.1) is 0 Å². The number of fused-ring (bicyclic) bond motifs is 1. The van der Waals surface area contributed by atoms with E-state index >= 15 is 0 Å². The molecule has 0 radical (unpaired) electrons. The van der Waals surface area contributed by atoms with Crippen LogP contribution in [0.2, 0.25) is 0 Å². The molecular formula is C17H19N3OS. The molecule has 3 aromatic rings. The Morgan fingerprint density at radius 2 is 2.05 bits per heavy atom. The van der Waals surface area contributed by atoms with E-state index < -0.39 is 0 Å². The summed E-state index contributed by atoms with van der Waals surface area (Å²) >= 11 is 1.70. The second kappa shape index (κ2) is 6.20. The molecule has 0 saturated carbocycles. The van der Waals surface area contributed by atoms with E-state index in [2.05, 4.69) is 33.2 Å². The summed E-state index contributed by atoms with van der Waals surface area (Å²) in [6.07, 6.45) is 2.29. The predicted octanol–water partition coefficient (Wildman–Crippen LogP) is 3.48. The first kappa shape index (κ1) is 13.9. The SMILES string of the molecule is c1ccc2[nH]c(C(OC3CCNCC3)c3ccsc3)nc2c1. The van der Waals surface area contributed by atoms with Crippen LogP contribution in [0.1, 0.15) is 30.3 Å². The Labute approximate surface area is 133 Å². The van der Waals surface area contributed by atoms with E-state index in [1.807, 2.05) is 18.2 Å². The summed E-state index contributed by atoms with van der Waals surface area (Å²) in [6, 6.07) is 10.3. The van der Waals surface area contributed by atoms with Crippen molar-refractivity contribution in [1.29, 1.82) is 0 Å². The number of benzene rings is 1. The Kier molecular flexibility index (Phi) is 3.93. The Hall–Kier alpha value is -1.69.